The summed E-state index contributed by atoms with van der Waals surface area (Å²) in [5.74, 6) is 0.139. The van der Waals surface area contributed by atoms with Crippen molar-refractivity contribution in [2.24, 2.45) is 0 Å². The Morgan fingerprint density at radius 3 is 2.45 bits per heavy atom. The van der Waals surface area contributed by atoms with Crippen molar-refractivity contribution in [2.45, 2.75) is 32.8 Å². The van der Waals surface area contributed by atoms with Gasteiger partial charge in [0.1, 0.15) is 0 Å². The number of β-amino-alcohol motifs (C(OH)–C–C–N with tert-alkyl or cyclic N) is 1. The molecule has 1 rings (SSSR count). The molecule has 0 aromatic rings. The third-order valence-corrected chi connectivity index (χ3v) is 1.60. The number of likely N-dealkylation sites (tertiary alicyclic amines) is 1. The first-order valence-corrected chi connectivity index (χ1v) is 4.12. The van der Waals surface area contributed by atoms with Gasteiger partial charge in [-0.1, -0.05) is 13.8 Å². The normalized spacial score (nSPS) is 24.2. The first-order valence-electron chi connectivity index (χ1n) is 4.12. The van der Waals surface area contributed by atoms with E-state index in [1.54, 1.807) is 11.9 Å². The topological polar surface area (TPSA) is 40.5 Å². The van der Waals surface area contributed by atoms with Crippen LogP contribution in [0.25, 0.3) is 0 Å². The number of likely N-dealkylation sites (N-methyl/N-ethyl adjacent to an activating group) is 1. The van der Waals surface area contributed by atoms with E-state index in [1.807, 2.05) is 13.8 Å². The van der Waals surface area contributed by atoms with Gasteiger partial charge in [-0.3, -0.25) is 4.79 Å². The van der Waals surface area contributed by atoms with Crippen molar-refractivity contribution in [3.05, 3.63) is 0 Å². The van der Waals surface area contributed by atoms with Crippen LogP contribution in [-0.4, -0.2) is 35.6 Å². The van der Waals surface area contributed by atoms with Crippen molar-refractivity contribution in [3.63, 3.8) is 0 Å². The summed E-state index contributed by atoms with van der Waals surface area (Å²) in [6.45, 7) is 4.50. The summed E-state index contributed by atoms with van der Waals surface area (Å²) in [6.07, 6.45) is 0.827. The van der Waals surface area contributed by atoms with E-state index in [-0.39, 0.29) is 12.0 Å². The lowest BCUT2D eigenvalue weighted by atomic mass is 10.1. The average Bonchev–Trinajstić information content (AvgIpc) is 2.02. The molecule has 1 heterocycles. The molecule has 0 saturated carbocycles. The smallest absolute Gasteiger partial charge is 0.222 e. The zero-order valence-electron chi connectivity index (χ0n) is 7.50. The Morgan fingerprint density at radius 2 is 2.09 bits per heavy atom. The molecule has 0 aliphatic carbocycles. The number of hydrogen-bond donors (Lipinski definition) is 1. The van der Waals surface area contributed by atoms with Crippen LogP contribution in [0.1, 0.15) is 26.7 Å². The standard InChI is InChI=1S/C6H11NO2.C2H6/c1-7-4-5(8)2-3-6(7)9;1-2/h5,8H,2-4H2,1H3;1-2H3. The van der Waals surface area contributed by atoms with Crippen LogP contribution in [0.5, 0.6) is 0 Å². The molecule has 1 unspecified atom stereocenters. The Balaban J connectivity index is 0.000000461. The molecule has 0 spiro atoms. The van der Waals surface area contributed by atoms with Gasteiger partial charge < -0.3 is 10.0 Å². The summed E-state index contributed by atoms with van der Waals surface area (Å²) in [6, 6.07) is 0. The minimum atomic E-state index is -0.298. The fourth-order valence-corrected chi connectivity index (χ4v) is 0.990. The first-order chi connectivity index (χ1) is 5.20. The zero-order chi connectivity index (χ0) is 8.85. The molecule has 0 aromatic heterocycles. The lowest BCUT2D eigenvalue weighted by molar-refractivity contribution is -0.134. The van der Waals surface area contributed by atoms with Gasteiger partial charge in [-0.15, -0.1) is 0 Å². The summed E-state index contributed by atoms with van der Waals surface area (Å²) < 4.78 is 0. The summed E-state index contributed by atoms with van der Waals surface area (Å²) in [5.41, 5.74) is 0. The van der Waals surface area contributed by atoms with Crippen molar-refractivity contribution < 1.29 is 9.90 Å². The Labute approximate surface area is 68.0 Å². The van der Waals surface area contributed by atoms with Crippen LogP contribution in [0.4, 0.5) is 0 Å². The zero-order valence-corrected chi connectivity index (χ0v) is 7.50. The maximum Gasteiger partial charge on any atom is 0.222 e. The fourth-order valence-electron chi connectivity index (χ4n) is 0.990. The van der Waals surface area contributed by atoms with Crippen LogP contribution in [-0.2, 0) is 4.79 Å². The highest BCUT2D eigenvalue weighted by Crippen LogP contribution is 2.08. The Kier molecular flexibility index (Phi) is 4.86. The number of amides is 1. The molecule has 0 radical (unpaired) electrons. The summed E-state index contributed by atoms with van der Waals surface area (Å²) in [4.78, 5) is 12.3. The molecule has 1 aliphatic heterocycles. The van der Waals surface area contributed by atoms with E-state index < -0.39 is 0 Å². The van der Waals surface area contributed by atoms with Gasteiger partial charge in [-0.2, -0.15) is 0 Å². The van der Waals surface area contributed by atoms with Gasteiger partial charge in [-0.05, 0) is 6.42 Å². The molecule has 0 aromatic carbocycles. The van der Waals surface area contributed by atoms with E-state index in [0.717, 1.165) is 0 Å². The minimum Gasteiger partial charge on any atom is -0.391 e. The second kappa shape index (κ2) is 5.13. The molecule has 1 saturated heterocycles. The van der Waals surface area contributed by atoms with E-state index >= 15 is 0 Å². The highest BCUT2D eigenvalue weighted by Gasteiger charge is 2.19. The highest BCUT2D eigenvalue weighted by atomic mass is 16.3. The lowest BCUT2D eigenvalue weighted by Gasteiger charge is -2.25. The largest absolute Gasteiger partial charge is 0.391 e. The molecule has 3 nitrogen and oxygen atoms in total. The van der Waals surface area contributed by atoms with Crippen LogP contribution in [0, 0.1) is 0 Å². The predicted molar refractivity (Wildman–Crippen MR) is 44.2 cm³/mol. The Bertz CT molecular complexity index is 125. The SMILES string of the molecule is CC.CN1CC(O)CCC1=O. The maximum atomic E-state index is 10.8. The molecule has 66 valence electrons. The quantitative estimate of drug-likeness (QED) is 0.563. The second-order valence-electron chi connectivity index (χ2n) is 2.47. The van der Waals surface area contributed by atoms with Crippen molar-refractivity contribution in [3.8, 4) is 0 Å². The van der Waals surface area contributed by atoms with E-state index in [9.17, 15) is 4.79 Å². The predicted octanol–water partition coefficient (Wildman–Crippen LogP) is 0.626. The van der Waals surface area contributed by atoms with Crippen molar-refractivity contribution >= 4 is 5.91 Å². The molecule has 3 heteroatoms. The van der Waals surface area contributed by atoms with Gasteiger partial charge >= 0.3 is 0 Å². The van der Waals surface area contributed by atoms with Crippen molar-refractivity contribution in [1.29, 1.82) is 0 Å². The second-order valence-corrected chi connectivity index (χ2v) is 2.47. The van der Waals surface area contributed by atoms with Crippen LogP contribution in [0.15, 0.2) is 0 Å². The summed E-state index contributed by atoms with van der Waals surface area (Å²) in [7, 11) is 1.71. The first kappa shape index (κ1) is 10.4. The number of carbonyl (C=O) groups is 1. The lowest BCUT2D eigenvalue weighted by Crippen LogP contribution is -2.39. The number of aliphatic hydroxyl groups excluding tert-OH is 1. The number of piperidine rings is 1. The van der Waals surface area contributed by atoms with Gasteiger partial charge in [-0.25, -0.2) is 0 Å². The summed E-state index contributed by atoms with van der Waals surface area (Å²) >= 11 is 0. The Hall–Kier alpha value is -0.570. The molecule has 1 aliphatic rings. The number of carbonyl (C=O) groups excluding carboxylic acids is 1. The fraction of sp³-hybridized carbons (Fsp3) is 0.875. The molecule has 1 atom stereocenters. The van der Waals surface area contributed by atoms with Gasteiger partial charge in [0, 0.05) is 20.0 Å². The molecule has 11 heavy (non-hydrogen) atoms. The van der Waals surface area contributed by atoms with Crippen LogP contribution < -0.4 is 0 Å². The summed E-state index contributed by atoms with van der Waals surface area (Å²) in [5, 5.41) is 9.00. The number of aliphatic hydroxyl groups is 1. The third-order valence-electron chi connectivity index (χ3n) is 1.60. The van der Waals surface area contributed by atoms with Gasteiger partial charge in [0.2, 0.25) is 5.91 Å². The molecular weight excluding hydrogens is 142 g/mol. The maximum absolute atomic E-state index is 10.8. The van der Waals surface area contributed by atoms with Crippen molar-refractivity contribution in [2.75, 3.05) is 13.6 Å². The molecular formula is C8H17NO2. The van der Waals surface area contributed by atoms with E-state index in [4.69, 9.17) is 5.11 Å². The van der Waals surface area contributed by atoms with Crippen LogP contribution in [0.3, 0.4) is 0 Å². The highest BCUT2D eigenvalue weighted by molar-refractivity contribution is 5.76. The van der Waals surface area contributed by atoms with Crippen LogP contribution in [0.2, 0.25) is 0 Å². The molecule has 1 amide bonds. The van der Waals surface area contributed by atoms with Gasteiger partial charge in [0.05, 0.1) is 6.10 Å². The Morgan fingerprint density at radius 1 is 1.55 bits per heavy atom. The van der Waals surface area contributed by atoms with Gasteiger partial charge in [0.25, 0.3) is 0 Å². The average molecular weight is 159 g/mol. The number of nitrogens with zero attached hydrogens (tertiary/aromatic N) is 1. The van der Waals surface area contributed by atoms with E-state index in [2.05, 4.69) is 0 Å². The van der Waals surface area contributed by atoms with E-state index in [1.165, 1.54) is 0 Å². The van der Waals surface area contributed by atoms with Gasteiger partial charge in [0.15, 0.2) is 0 Å². The number of rotatable bonds is 0. The molecule has 1 N–H and O–H groups in total. The van der Waals surface area contributed by atoms with E-state index in [0.29, 0.717) is 19.4 Å². The third kappa shape index (κ3) is 3.37. The van der Waals surface area contributed by atoms with Crippen LogP contribution >= 0.6 is 0 Å². The molecule has 1 fully saturated rings. The number of hydrogen-bond acceptors (Lipinski definition) is 2. The van der Waals surface area contributed by atoms with Crippen molar-refractivity contribution in [1.82, 2.24) is 4.90 Å². The molecule has 0 bridgehead atoms. The monoisotopic (exact) mass is 159 g/mol. The minimum absolute atomic E-state index is 0.139.